The molecule has 2 N–H and O–H groups in total. The van der Waals surface area contributed by atoms with Crippen LogP contribution < -0.4 is 5.32 Å². The van der Waals surface area contributed by atoms with Gasteiger partial charge >= 0.3 is 12.0 Å². The fourth-order valence-electron chi connectivity index (χ4n) is 1.78. The highest BCUT2D eigenvalue weighted by Gasteiger charge is 2.33. The zero-order valence-electron chi connectivity index (χ0n) is 12.3. The van der Waals surface area contributed by atoms with E-state index in [4.69, 9.17) is 4.42 Å². The average Bonchev–Trinajstić information content (AvgIpc) is 2.83. The highest BCUT2D eigenvalue weighted by atomic mass is 16.4. The molecule has 112 valence electrons. The number of urea groups is 1. The first kappa shape index (κ1) is 16.1. The highest BCUT2D eigenvalue weighted by molar-refractivity contribution is 5.83. The van der Waals surface area contributed by atoms with E-state index in [0.29, 0.717) is 18.8 Å². The molecule has 6 nitrogen and oxygen atoms in total. The molecule has 0 saturated carbocycles. The number of nitrogens with zero attached hydrogens (tertiary/aromatic N) is 1. The number of furan rings is 1. The molecule has 0 fully saturated rings. The number of hydrogen-bond donors (Lipinski definition) is 2. The van der Waals surface area contributed by atoms with Crippen molar-refractivity contribution in [3.8, 4) is 0 Å². The van der Waals surface area contributed by atoms with Crippen LogP contribution >= 0.6 is 0 Å². The summed E-state index contributed by atoms with van der Waals surface area (Å²) in [4.78, 5) is 24.9. The molecular weight excluding hydrogens is 260 g/mol. The number of hydrogen-bond acceptors (Lipinski definition) is 3. The first-order valence-corrected chi connectivity index (χ1v) is 6.56. The minimum atomic E-state index is -1.04. The van der Waals surface area contributed by atoms with Gasteiger partial charge in [-0.15, -0.1) is 0 Å². The number of nitrogens with one attached hydrogen (secondary N) is 1. The maximum absolute atomic E-state index is 12.2. The first-order valence-electron chi connectivity index (χ1n) is 6.56. The van der Waals surface area contributed by atoms with Crippen LogP contribution in [0, 0.1) is 5.41 Å². The number of aliphatic carboxylic acids is 1. The Labute approximate surface area is 118 Å². The predicted octanol–water partition coefficient (Wildman–Crippen LogP) is 2.31. The Morgan fingerprint density at radius 2 is 2.10 bits per heavy atom. The Balaban J connectivity index is 2.73. The van der Waals surface area contributed by atoms with Gasteiger partial charge < -0.3 is 19.7 Å². The van der Waals surface area contributed by atoms with Crippen LogP contribution in [0.3, 0.4) is 0 Å². The molecule has 1 aromatic rings. The van der Waals surface area contributed by atoms with Gasteiger partial charge in [0, 0.05) is 6.54 Å². The lowest BCUT2D eigenvalue weighted by Gasteiger charge is -2.30. The van der Waals surface area contributed by atoms with E-state index in [1.54, 1.807) is 32.9 Å². The van der Waals surface area contributed by atoms with Gasteiger partial charge in [-0.2, -0.15) is 0 Å². The van der Waals surface area contributed by atoms with Crippen molar-refractivity contribution < 1.29 is 19.1 Å². The fraction of sp³-hybridized carbons (Fsp3) is 0.571. The minimum Gasteiger partial charge on any atom is -0.480 e. The summed E-state index contributed by atoms with van der Waals surface area (Å²) in [5.41, 5.74) is -0.564. The summed E-state index contributed by atoms with van der Waals surface area (Å²) in [6, 6.07) is 2.16. The monoisotopic (exact) mass is 282 g/mol. The second-order valence-electron chi connectivity index (χ2n) is 5.68. The Hall–Kier alpha value is -1.98. The predicted molar refractivity (Wildman–Crippen MR) is 74.2 cm³/mol. The maximum Gasteiger partial charge on any atom is 0.326 e. The van der Waals surface area contributed by atoms with Gasteiger partial charge in [-0.25, -0.2) is 9.59 Å². The van der Waals surface area contributed by atoms with Crippen LogP contribution in [-0.2, 0) is 11.3 Å². The topological polar surface area (TPSA) is 82.8 Å². The number of amides is 2. The zero-order valence-corrected chi connectivity index (χ0v) is 12.3. The van der Waals surface area contributed by atoms with E-state index in [1.807, 2.05) is 6.92 Å². The third-order valence-corrected chi connectivity index (χ3v) is 2.98. The van der Waals surface area contributed by atoms with E-state index in [0.717, 1.165) is 0 Å². The Morgan fingerprint density at radius 3 is 2.50 bits per heavy atom. The van der Waals surface area contributed by atoms with Crippen molar-refractivity contribution >= 4 is 12.0 Å². The molecule has 0 saturated heterocycles. The van der Waals surface area contributed by atoms with Crippen LogP contribution in [-0.4, -0.2) is 34.6 Å². The number of carboxylic acid groups (broad SMARTS) is 1. The summed E-state index contributed by atoms with van der Waals surface area (Å²) in [6.45, 7) is 7.92. The molecule has 1 rings (SSSR count). The molecule has 0 spiro atoms. The van der Waals surface area contributed by atoms with Gasteiger partial charge in [0.15, 0.2) is 0 Å². The van der Waals surface area contributed by atoms with E-state index in [-0.39, 0.29) is 0 Å². The third kappa shape index (κ3) is 4.29. The lowest BCUT2D eigenvalue weighted by atomic mass is 9.87. The molecule has 0 radical (unpaired) electrons. The molecule has 0 aliphatic carbocycles. The Morgan fingerprint density at radius 1 is 1.45 bits per heavy atom. The van der Waals surface area contributed by atoms with Gasteiger partial charge in [-0.3, -0.25) is 0 Å². The van der Waals surface area contributed by atoms with E-state index in [2.05, 4.69) is 5.32 Å². The van der Waals surface area contributed by atoms with Crippen molar-refractivity contribution in [1.29, 1.82) is 0 Å². The largest absolute Gasteiger partial charge is 0.480 e. The SMILES string of the molecule is CCN(Cc1ccco1)C(=O)N[C@H](C(=O)O)C(C)(C)C. The molecule has 1 heterocycles. The molecule has 1 aromatic heterocycles. The van der Waals surface area contributed by atoms with Crippen molar-refractivity contribution in [3.05, 3.63) is 24.2 Å². The van der Waals surface area contributed by atoms with Gasteiger partial charge in [0.1, 0.15) is 11.8 Å². The zero-order chi connectivity index (χ0) is 15.3. The number of carbonyl (C=O) groups excluding carboxylic acids is 1. The van der Waals surface area contributed by atoms with Gasteiger partial charge in [-0.05, 0) is 24.5 Å². The van der Waals surface area contributed by atoms with E-state index in [1.165, 1.54) is 11.2 Å². The lowest BCUT2D eigenvalue weighted by Crippen LogP contribution is -2.53. The third-order valence-electron chi connectivity index (χ3n) is 2.98. The smallest absolute Gasteiger partial charge is 0.326 e. The van der Waals surface area contributed by atoms with Crippen molar-refractivity contribution in [2.75, 3.05) is 6.54 Å². The molecule has 0 aliphatic heterocycles. The van der Waals surface area contributed by atoms with Crippen molar-refractivity contribution in [1.82, 2.24) is 10.2 Å². The summed E-state index contributed by atoms with van der Waals surface area (Å²) < 4.78 is 5.20. The standard InChI is InChI=1S/C14H22N2O4/c1-5-16(9-10-7-6-8-20-10)13(19)15-11(12(17)18)14(2,3)4/h6-8,11H,5,9H2,1-4H3,(H,15,19)(H,17,18)/t11-/m1/s1. The van der Waals surface area contributed by atoms with Crippen LogP contribution in [0.15, 0.2) is 22.8 Å². The van der Waals surface area contributed by atoms with E-state index in [9.17, 15) is 14.7 Å². The lowest BCUT2D eigenvalue weighted by molar-refractivity contribution is -0.142. The quantitative estimate of drug-likeness (QED) is 0.868. The molecule has 0 aliphatic rings. The van der Waals surface area contributed by atoms with Crippen molar-refractivity contribution in [2.45, 2.75) is 40.3 Å². The maximum atomic E-state index is 12.2. The normalized spacial score (nSPS) is 12.8. The molecule has 2 amide bonds. The molecule has 0 aromatic carbocycles. The number of carboxylic acids is 1. The minimum absolute atomic E-state index is 0.311. The van der Waals surface area contributed by atoms with Gasteiger partial charge in [0.2, 0.25) is 0 Å². The second kappa shape index (κ2) is 6.45. The van der Waals surface area contributed by atoms with Crippen molar-refractivity contribution in [2.24, 2.45) is 5.41 Å². The van der Waals surface area contributed by atoms with Gasteiger partial charge in [-0.1, -0.05) is 20.8 Å². The van der Waals surface area contributed by atoms with Gasteiger partial charge in [0.05, 0.1) is 12.8 Å². The van der Waals surface area contributed by atoms with Crippen molar-refractivity contribution in [3.63, 3.8) is 0 Å². The Bertz CT molecular complexity index is 448. The summed E-state index contributed by atoms with van der Waals surface area (Å²) >= 11 is 0. The van der Waals surface area contributed by atoms with Crippen LogP contribution in [0.25, 0.3) is 0 Å². The molecular formula is C14H22N2O4. The molecule has 0 bridgehead atoms. The van der Waals surface area contributed by atoms with Crippen LogP contribution in [0.2, 0.25) is 0 Å². The summed E-state index contributed by atoms with van der Waals surface area (Å²) in [7, 11) is 0. The number of carbonyl (C=O) groups is 2. The summed E-state index contributed by atoms with van der Waals surface area (Å²) in [5.74, 6) is -0.385. The number of rotatable bonds is 5. The summed E-state index contributed by atoms with van der Waals surface area (Å²) in [5, 5.41) is 11.8. The van der Waals surface area contributed by atoms with Gasteiger partial charge in [0.25, 0.3) is 0 Å². The van der Waals surface area contributed by atoms with Crippen LogP contribution in [0.5, 0.6) is 0 Å². The van der Waals surface area contributed by atoms with Crippen LogP contribution in [0.4, 0.5) is 4.79 Å². The molecule has 20 heavy (non-hydrogen) atoms. The Kier molecular flexibility index (Phi) is 5.19. The fourth-order valence-corrected chi connectivity index (χ4v) is 1.78. The molecule has 0 unspecified atom stereocenters. The second-order valence-corrected chi connectivity index (χ2v) is 5.68. The van der Waals surface area contributed by atoms with Crippen LogP contribution in [0.1, 0.15) is 33.5 Å². The van der Waals surface area contributed by atoms with E-state index >= 15 is 0 Å². The average molecular weight is 282 g/mol. The summed E-state index contributed by atoms with van der Waals surface area (Å²) in [6.07, 6.45) is 1.54. The van der Waals surface area contributed by atoms with E-state index < -0.39 is 23.5 Å². The first-order chi connectivity index (χ1) is 9.25. The molecule has 1 atom stereocenters. The highest BCUT2D eigenvalue weighted by Crippen LogP contribution is 2.20. The molecule has 6 heteroatoms.